The zero-order chi connectivity index (χ0) is 25.7. The number of fused-ring (bicyclic) bond motifs is 7. The number of anilines is 1. The van der Waals surface area contributed by atoms with Crippen LogP contribution < -0.4 is 4.90 Å². The molecule has 7 nitrogen and oxygen atoms in total. The highest BCUT2D eigenvalue weighted by atomic mass is 16.5. The lowest BCUT2D eigenvalue weighted by molar-refractivity contribution is -0.131. The lowest BCUT2D eigenvalue weighted by atomic mass is 9.63. The van der Waals surface area contributed by atoms with Crippen molar-refractivity contribution in [2.75, 3.05) is 4.90 Å². The zero-order valence-corrected chi connectivity index (χ0v) is 21.6. The van der Waals surface area contributed by atoms with E-state index in [9.17, 15) is 9.59 Å². The molecule has 2 bridgehead atoms. The minimum atomic E-state index is -0.712. The first kappa shape index (κ1) is 22.6. The van der Waals surface area contributed by atoms with E-state index >= 15 is 0 Å². The topological polar surface area (TPSA) is 77.3 Å². The Balaban J connectivity index is 1.27. The molecule has 3 saturated heterocycles. The van der Waals surface area contributed by atoms with Crippen molar-refractivity contribution in [1.29, 1.82) is 0 Å². The Labute approximate surface area is 215 Å². The Morgan fingerprint density at radius 1 is 0.946 bits per heavy atom. The van der Waals surface area contributed by atoms with Crippen LogP contribution in [0.5, 0.6) is 0 Å². The van der Waals surface area contributed by atoms with E-state index < -0.39 is 23.0 Å². The Bertz CT molecular complexity index is 1630. The first-order valence-corrected chi connectivity index (χ1v) is 13.1. The number of ether oxygens (including phenoxy) is 1. The van der Waals surface area contributed by atoms with Gasteiger partial charge in [0.15, 0.2) is 0 Å². The number of imide groups is 1. The quantitative estimate of drug-likeness (QED) is 0.375. The van der Waals surface area contributed by atoms with E-state index in [1.807, 2.05) is 75.4 Å². The third-order valence-corrected chi connectivity index (χ3v) is 9.22. The maximum Gasteiger partial charge on any atom is 0.240 e. The predicted octanol–water partition coefficient (Wildman–Crippen LogP) is 4.96. The van der Waals surface area contributed by atoms with Crippen molar-refractivity contribution in [3.05, 3.63) is 65.7 Å². The molecule has 1 aromatic heterocycles. The van der Waals surface area contributed by atoms with Crippen LogP contribution in [0, 0.1) is 31.6 Å². The van der Waals surface area contributed by atoms with Crippen molar-refractivity contribution >= 4 is 39.3 Å². The molecule has 0 aliphatic carbocycles. The van der Waals surface area contributed by atoms with Crippen LogP contribution >= 0.6 is 0 Å². The number of nitrogens with zero attached hydrogens (tertiary/aromatic N) is 4. The number of aryl methyl sites for hydroxylation is 3. The smallest absolute Gasteiger partial charge is 0.240 e. The molecule has 3 aliphatic rings. The molecule has 4 heterocycles. The van der Waals surface area contributed by atoms with Crippen molar-refractivity contribution in [2.45, 2.75) is 58.3 Å². The number of carbonyl (C=O) groups excluding carboxylic acids is 2. The van der Waals surface area contributed by atoms with Crippen molar-refractivity contribution in [1.82, 2.24) is 15.0 Å². The third-order valence-electron chi connectivity index (χ3n) is 9.22. The molecule has 7 rings (SSSR count). The van der Waals surface area contributed by atoms with Gasteiger partial charge in [-0.05, 0) is 74.2 Å². The molecule has 0 spiro atoms. The van der Waals surface area contributed by atoms with Gasteiger partial charge < -0.3 is 4.74 Å². The number of rotatable bonds is 4. The summed E-state index contributed by atoms with van der Waals surface area (Å²) < 4.78 is 6.74. The van der Waals surface area contributed by atoms with Gasteiger partial charge in [-0.1, -0.05) is 43.3 Å². The fraction of sp³-hybridized carbons (Fsp3) is 0.400. The van der Waals surface area contributed by atoms with Gasteiger partial charge in [-0.3, -0.25) is 9.59 Å². The average Bonchev–Trinajstić information content (AvgIpc) is 3.55. The summed E-state index contributed by atoms with van der Waals surface area (Å²) in [7, 11) is 0. The second-order valence-corrected chi connectivity index (χ2v) is 11.4. The second-order valence-electron chi connectivity index (χ2n) is 11.4. The van der Waals surface area contributed by atoms with Gasteiger partial charge in [-0.25, -0.2) is 4.90 Å². The van der Waals surface area contributed by atoms with Gasteiger partial charge in [0.25, 0.3) is 0 Å². The molecule has 188 valence electrons. The summed E-state index contributed by atoms with van der Waals surface area (Å²) in [5.74, 6) is -1.12. The van der Waals surface area contributed by atoms with E-state index in [1.54, 1.807) is 4.80 Å². The first-order chi connectivity index (χ1) is 17.7. The minimum Gasteiger partial charge on any atom is -0.367 e. The Hall–Kier alpha value is -3.58. The molecule has 3 aromatic carbocycles. The second kappa shape index (κ2) is 7.48. The fourth-order valence-electron chi connectivity index (χ4n) is 7.27. The van der Waals surface area contributed by atoms with E-state index in [-0.39, 0.29) is 17.7 Å². The van der Waals surface area contributed by atoms with E-state index in [2.05, 4.69) is 17.1 Å². The van der Waals surface area contributed by atoms with E-state index in [0.29, 0.717) is 18.7 Å². The maximum atomic E-state index is 14.1. The summed E-state index contributed by atoms with van der Waals surface area (Å²) in [6.07, 6.45) is 1.32. The maximum absolute atomic E-state index is 14.1. The number of aromatic nitrogens is 3. The highest BCUT2D eigenvalue weighted by molar-refractivity contribution is 6.26. The van der Waals surface area contributed by atoms with Gasteiger partial charge >= 0.3 is 0 Å². The average molecular weight is 495 g/mol. The van der Waals surface area contributed by atoms with Crippen molar-refractivity contribution < 1.29 is 14.3 Å². The van der Waals surface area contributed by atoms with E-state index in [0.717, 1.165) is 39.4 Å². The van der Waals surface area contributed by atoms with Crippen LogP contribution in [0.25, 0.3) is 21.8 Å². The summed E-state index contributed by atoms with van der Waals surface area (Å²) in [6.45, 7) is 8.78. The van der Waals surface area contributed by atoms with Crippen LogP contribution in [0.15, 0.2) is 54.6 Å². The van der Waals surface area contributed by atoms with E-state index in [1.165, 1.54) is 4.90 Å². The van der Waals surface area contributed by atoms with Gasteiger partial charge in [0.1, 0.15) is 11.0 Å². The third kappa shape index (κ3) is 2.98. The summed E-state index contributed by atoms with van der Waals surface area (Å²) in [4.78, 5) is 31.3. The number of amides is 2. The molecule has 0 saturated carbocycles. The highest BCUT2D eigenvalue weighted by Crippen LogP contribution is 2.64. The van der Waals surface area contributed by atoms with Crippen LogP contribution in [0.3, 0.4) is 0 Å². The molecule has 5 atom stereocenters. The molecular formula is C30H30N4O3. The number of carbonyl (C=O) groups is 2. The molecule has 0 radical (unpaired) electrons. The summed E-state index contributed by atoms with van der Waals surface area (Å²) in [5.41, 5.74) is 3.25. The van der Waals surface area contributed by atoms with Gasteiger partial charge in [0.05, 0.1) is 35.3 Å². The normalized spacial score (nSPS) is 30.7. The summed E-state index contributed by atoms with van der Waals surface area (Å²) in [5, 5.41) is 11.3. The van der Waals surface area contributed by atoms with Crippen molar-refractivity contribution in [3.8, 4) is 0 Å². The lowest BCUT2D eigenvalue weighted by Gasteiger charge is -2.34. The SMILES string of the molecule is Cc1ccc2nn(CC[C@]34C[C@H](C)[C@](C)(O3)[C@@H]3C(=O)N(c5ccc(C)c6ccccc56)C(=O)[C@@H]34)nc2c1. The van der Waals surface area contributed by atoms with Crippen LogP contribution in [0.4, 0.5) is 5.69 Å². The highest BCUT2D eigenvalue weighted by Gasteiger charge is 2.76. The van der Waals surface area contributed by atoms with Gasteiger partial charge in [-0.2, -0.15) is 15.0 Å². The van der Waals surface area contributed by atoms with Crippen LogP contribution in [0.1, 0.15) is 37.8 Å². The van der Waals surface area contributed by atoms with Crippen LogP contribution in [-0.4, -0.2) is 38.0 Å². The predicted molar refractivity (Wildman–Crippen MR) is 141 cm³/mol. The molecule has 37 heavy (non-hydrogen) atoms. The zero-order valence-electron chi connectivity index (χ0n) is 21.6. The molecule has 2 amide bonds. The van der Waals surface area contributed by atoms with Crippen LogP contribution in [-0.2, 0) is 20.9 Å². The summed E-state index contributed by atoms with van der Waals surface area (Å²) in [6, 6.07) is 17.9. The van der Waals surface area contributed by atoms with Crippen molar-refractivity contribution in [2.24, 2.45) is 17.8 Å². The molecule has 0 N–H and O–H groups in total. The Morgan fingerprint density at radius 2 is 1.68 bits per heavy atom. The molecule has 7 heteroatoms. The van der Waals surface area contributed by atoms with E-state index in [4.69, 9.17) is 4.74 Å². The first-order valence-electron chi connectivity index (χ1n) is 13.1. The number of benzene rings is 3. The largest absolute Gasteiger partial charge is 0.367 e. The Morgan fingerprint density at radius 3 is 2.49 bits per heavy atom. The standard InChI is InChI=1S/C30H30N4O3/c1-17-9-11-22-23(15-17)32-33(31-22)14-13-30-16-19(3)29(4,37-30)25-26(30)28(36)34(27(25)35)24-12-10-18(2)20-7-5-6-8-21(20)24/h5-12,15,19,25-26H,13-14,16H2,1-4H3/t19-,25-,26+,29-,30+/m0/s1. The minimum absolute atomic E-state index is 0.140. The lowest BCUT2D eigenvalue weighted by Crippen LogP contribution is -2.46. The van der Waals surface area contributed by atoms with Gasteiger partial charge in [-0.15, -0.1) is 0 Å². The molecule has 0 unspecified atom stereocenters. The fourth-order valence-corrected chi connectivity index (χ4v) is 7.27. The summed E-state index contributed by atoms with van der Waals surface area (Å²) >= 11 is 0. The van der Waals surface area contributed by atoms with Crippen molar-refractivity contribution in [3.63, 3.8) is 0 Å². The Kier molecular flexibility index (Phi) is 4.57. The molecular weight excluding hydrogens is 464 g/mol. The molecule has 3 aliphatic heterocycles. The van der Waals surface area contributed by atoms with Gasteiger partial charge in [0, 0.05) is 5.39 Å². The van der Waals surface area contributed by atoms with Gasteiger partial charge in [0.2, 0.25) is 11.8 Å². The number of hydrogen-bond donors (Lipinski definition) is 0. The molecule has 3 fully saturated rings. The monoisotopic (exact) mass is 494 g/mol. The molecule has 4 aromatic rings. The van der Waals surface area contributed by atoms with Crippen LogP contribution in [0.2, 0.25) is 0 Å². The number of hydrogen-bond acceptors (Lipinski definition) is 5.